The van der Waals surface area contributed by atoms with E-state index >= 15 is 0 Å². The average molecular weight is 463 g/mol. The fraction of sp³-hybridized carbons (Fsp3) is 0.600. The van der Waals surface area contributed by atoms with Crippen molar-refractivity contribution in [3.05, 3.63) is 27.7 Å². The minimum atomic E-state index is 0. The quantitative estimate of drug-likeness (QED) is 0.374. The van der Waals surface area contributed by atoms with Gasteiger partial charge in [0.15, 0.2) is 11.8 Å². The van der Waals surface area contributed by atoms with Gasteiger partial charge in [0.25, 0.3) is 0 Å². The third kappa shape index (κ3) is 6.00. The summed E-state index contributed by atoms with van der Waals surface area (Å²) in [7, 11) is 0. The van der Waals surface area contributed by atoms with Crippen molar-refractivity contribution in [3.8, 4) is 0 Å². The molecule has 0 aliphatic carbocycles. The van der Waals surface area contributed by atoms with Crippen LogP contribution in [0.5, 0.6) is 0 Å². The number of guanidine groups is 1. The van der Waals surface area contributed by atoms with Crippen LogP contribution in [0.1, 0.15) is 35.3 Å². The number of thiazole rings is 1. The molecular formula is C15H26IN7S. The number of hydrogen-bond donors (Lipinski definition) is 2. The summed E-state index contributed by atoms with van der Waals surface area (Å²) in [4.78, 5) is 10.4. The summed E-state index contributed by atoms with van der Waals surface area (Å²) in [6, 6.07) is 0. The highest BCUT2D eigenvalue weighted by atomic mass is 127. The van der Waals surface area contributed by atoms with E-state index in [1.165, 1.54) is 4.88 Å². The Bertz CT molecular complexity index is 631. The van der Waals surface area contributed by atoms with Gasteiger partial charge in [-0.25, -0.2) is 9.98 Å². The molecule has 9 heteroatoms. The van der Waals surface area contributed by atoms with Crippen LogP contribution < -0.4 is 10.6 Å². The molecule has 2 aromatic heterocycles. The van der Waals surface area contributed by atoms with Crippen LogP contribution in [0.3, 0.4) is 0 Å². The van der Waals surface area contributed by atoms with Gasteiger partial charge < -0.3 is 15.2 Å². The third-order valence-corrected chi connectivity index (χ3v) is 4.60. The molecule has 2 aromatic rings. The van der Waals surface area contributed by atoms with Gasteiger partial charge in [0.05, 0.1) is 10.7 Å². The van der Waals surface area contributed by atoms with Crippen LogP contribution in [0.25, 0.3) is 0 Å². The average Bonchev–Trinajstić information content (AvgIpc) is 3.11. The largest absolute Gasteiger partial charge is 0.357 e. The number of hydrogen-bond acceptors (Lipinski definition) is 5. The Kier molecular flexibility index (Phi) is 9.19. The first-order valence-corrected chi connectivity index (χ1v) is 8.77. The van der Waals surface area contributed by atoms with E-state index in [1.54, 1.807) is 17.7 Å². The van der Waals surface area contributed by atoms with Gasteiger partial charge in [0.2, 0.25) is 0 Å². The third-order valence-electron chi connectivity index (χ3n) is 3.46. The molecule has 2 rings (SSSR count). The number of rotatable bonds is 7. The summed E-state index contributed by atoms with van der Waals surface area (Å²) < 4.78 is 1.99. The number of aryl methyl sites for hydroxylation is 3. The topological polar surface area (TPSA) is 80.0 Å². The minimum Gasteiger partial charge on any atom is -0.357 e. The van der Waals surface area contributed by atoms with E-state index in [4.69, 9.17) is 0 Å². The second-order valence-corrected chi connectivity index (χ2v) is 6.44. The molecule has 0 aliphatic rings. The standard InChI is InChI=1S/C15H25N7S.HI/c1-5-16-15(18-9-13-21-19-10-22(13)6-2)17-8-7-14-20-11(3)12(4)23-14;/h10H,5-9H2,1-4H3,(H2,16,17,18);1H. The molecule has 134 valence electrons. The lowest BCUT2D eigenvalue weighted by molar-refractivity contribution is 0.693. The van der Waals surface area contributed by atoms with Crippen molar-refractivity contribution in [2.75, 3.05) is 13.1 Å². The SMILES string of the molecule is CCNC(=NCc1nncn1CC)NCCc1nc(C)c(C)s1.I. The Morgan fingerprint density at radius 1 is 1.29 bits per heavy atom. The van der Waals surface area contributed by atoms with Crippen LogP contribution in [-0.4, -0.2) is 38.8 Å². The maximum atomic E-state index is 4.57. The number of aliphatic imine (C=N–C) groups is 1. The van der Waals surface area contributed by atoms with Crippen molar-refractivity contribution in [2.24, 2.45) is 4.99 Å². The molecular weight excluding hydrogens is 437 g/mol. The summed E-state index contributed by atoms with van der Waals surface area (Å²) in [6.07, 6.45) is 2.63. The van der Waals surface area contributed by atoms with Gasteiger partial charge in [-0.1, -0.05) is 0 Å². The van der Waals surface area contributed by atoms with Crippen molar-refractivity contribution >= 4 is 41.3 Å². The molecule has 2 N–H and O–H groups in total. The molecule has 0 amide bonds. The van der Waals surface area contributed by atoms with Gasteiger partial charge in [-0.3, -0.25) is 0 Å². The highest BCUT2D eigenvalue weighted by Gasteiger charge is 2.05. The first-order valence-electron chi connectivity index (χ1n) is 7.95. The van der Waals surface area contributed by atoms with Gasteiger partial charge in [0.1, 0.15) is 12.9 Å². The summed E-state index contributed by atoms with van der Waals surface area (Å²) >= 11 is 1.76. The first-order chi connectivity index (χ1) is 11.1. The predicted molar refractivity (Wildman–Crippen MR) is 109 cm³/mol. The van der Waals surface area contributed by atoms with Crippen molar-refractivity contribution in [1.29, 1.82) is 0 Å². The summed E-state index contributed by atoms with van der Waals surface area (Å²) in [5.41, 5.74) is 1.13. The number of nitrogens with one attached hydrogen (secondary N) is 2. The predicted octanol–water partition coefficient (Wildman–Crippen LogP) is 2.29. The molecule has 0 aliphatic heterocycles. The molecule has 2 heterocycles. The molecule has 24 heavy (non-hydrogen) atoms. The molecule has 0 saturated carbocycles. The van der Waals surface area contributed by atoms with Crippen molar-refractivity contribution in [3.63, 3.8) is 0 Å². The molecule has 0 bridgehead atoms. The summed E-state index contributed by atoms with van der Waals surface area (Å²) in [5.74, 6) is 1.67. The number of nitrogens with zero attached hydrogens (tertiary/aromatic N) is 5. The zero-order valence-electron chi connectivity index (χ0n) is 14.7. The lowest BCUT2D eigenvalue weighted by Crippen LogP contribution is -2.38. The molecule has 0 atom stereocenters. The Morgan fingerprint density at radius 2 is 2.08 bits per heavy atom. The van der Waals surface area contributed by atoms with Gasteiger partial charge in [-0.15, -0.1) is 45.5 Å². The Balaban J connectivity index is 0.00000288. The highest BCUT2D eigenvalue weighted by Crippen LogP contribution is 2.16. The van der Waals surface area contributed by atoms with Gasteiger partial charge in [0, 0.05) is 30.9 Å². The van der Waals surface area contributed by atoms with Gasteiger partial charge in [-0.05, 0) is 27.7 Å². The molecule has 0 unspecified atom stereocenters. The van der Waals surface area contributed by atoms with E-state index in [1.807, 2.05) is 4.57 Å². The molecule has 0 aromatic carbocycles. The lowest BCUT2D eigenvalue weighted by atomic mass is 10.4. The minimum absolute atomic E-state index is 0. The summed E-state index contributed by atoms with van der Waals surface area (Å²) in [5, 5.41) is 15.8. The summed E-state index contributed by atoms with van der Waals surface area (Å²) in [6.45, 7) is 11.3. The van der Waals surface area contributed by atoms with Gasteiger partial charge >= 0.3 is 0 Å². The van der Waals surface area contributed by atoms with Crippen LogP contribution in [0.4, 0.5) is 0 Å². The van der Waals surface area contributed by atoms with Crippen LogP contribution in [-0.2, 0) is 19.5 Å². The molecule has 0 fully saturated rings. The molecule has 7 nitrogen and oxygen atoms in total. The van der Waals surface area contributed by atoms with E-state index in [9.17, 15) is 0 Å². The Morgan fingerprint density at radius 3 is 2.71 bits per heavy atom. The molecule has 0 radical (unpaired) electrons. The van der Waals surface area contributed by atoms with Crippen molar-refractivity contribution in [1.82, 2.24) is 30.4 Å². The Labute approximate surface area is 164 Å². The van der Waals surface area contributed by atoms with Crippen LogP contribution in [0.15, 0.2) is 11.3 Å². The normalized spacial score (nSPS) is 11.2. The maximum Gasteiger partial charge on any atom is 0.191 e. The van der Waals surface area contributed by atoms with Gasteiger partial charge in [-0.2, -0.15) is 0 Å². The van der Waals surface area contributed by atoms with E-state index in [0.29, 0.717) is 6.54 Å². The molecule has 0 spiro atoms. The fourth-order valence-electron chi connectivity index (χ4n) is 2.09. The maximum absolute atomic E-state index is 4.57. The first kappa shape index (κ1) is 20.8. The van der Waals surface area contributed by atoms with E-state index in [2.05, 4.69) is 58.5 Å². The second-order valence-electron chi connectivity index (χ2n) is 5.15. The zero-order valence-corrected chi connectivity index (χ0v) is 17.8. The highest BCUT2D eigenvalue weighted by molar-refractivity contribution is 14.0. The Hall–Kier alpha value is -1.23. The van der Waals surface area contributed by atoms with Crippen LogP contribution in [0, 0.1) is 13.8 Å². The van der Waals surface area contributed by atoms with E-state index < -0.39 is 0 Å². The lowest BCUT2D eigenvalue weighted by Gasteiger charge is -2.10. The number of aromatic nitrogens is 4. The van der Waals surface area contributed by atoms with Crippen LogP contribution >= 0.6 is 35.3 Å². The fourth-order valence-corrected chi connectivity index (χ4v) is 3.02. The van der Waals surface area contributed by atoms with E-state index in [-0.39, 0.29) is 24.0 Å². The number of halogens is 1. The zero-order chi connectivity index (χ0) is 16.7. The molecule has 0 saturated heterocycles. The monoisotopic (exact) mass is 463 g/mol. The van der Waals surface area contributed by atoms with E-state index in [0.717, 1.165) is 48.5 Å². The van der Waals surface area contributed by atoms with Crippen molar-refractivity contribution in [2.45, 2.75) is 47.2 Å². The van der Waals surface area contributed by atoms with Crippen molar-refractivity contribution < 1.29 is 0 Å². The van der Waals surface area contributed by atoms with Crippen LogP contribution in [0.2, 0.25) is 0 Å². The smallest absolute Gasteiger partial charge is 0.191 e. The second kappa shape index (κ2) is 10.6.